The minimum absolute atomic E-state index is 0.369. The molecule has 0 fully saturated rings. The Bertz CT molecular complexity index is 210. The van der Waals surface area contributed by atoms with Crippen molar-refractivity contribution in [2.75, 3.05) is 22.2 Å². The Hall–Kier alpha value is 0.910. The number of unbranched alkanes of at least 4 members (excludes halogenated alkanes) is 4. The summed E-state index contributed by atoms with van der Waals surface area (Å²) >= 11 is 6.67. The minimum atomic E-state index is -2.77. The molecule has 0 aliphatic rings. The van der Waals surface area contributed by atoms with Gasteiger partial charge in [-0.05, 0) is 25.7 Å². The van der Waals surface area contributed by atoms with Gasteiger partial charge in [0, 0.05) is 10.7 Å². The van der Waals surface area contributed by atoms with Crippen LogP contribution in [0.15, 0.2) is 0 Å². The number of hydrogen-bond acceptors (Lipinski definition) is 2. The van der Waals surface area contributed by atoms with Crippen LogP contribution in [-0.2, 0) is 9.84 Å². The Morgan fingerprint density at radius 1 is 0.667 bits per heavy atom. The summed E-state index contributed by atoms with van der Waals surface area (Å²) < 4.78 is 23.1. The van der Waals surface area contributed by atoms with Gasteiger partial charge in [-0.1, -0.05) is 44.7 Å². The lowest BCUT2D eigenvalue weighted by molar-refractivity contribution is 0.586. The first-order chi connectivity index (χ1) is 7.12. The van der Waals surface area contributed by atoms with Crippen LogP contribution < -0.4 is 0 Å². The van der Waals surface area contributed by atoms with E-state index in [0.717, 1.165) is 49.2 Å². The lowest BCUT2D eigenvalue weighted by Crippen LogP contribution is -2.11. The summed E-state index contributed by atoms with van der Waals surface area (Å²) in [7, 11) is -2.77. The van der Waals surface area contributed by atoms with Gasteiger partial charge in [0.15, 0.2) is 0 Å². The molecule has 0 saturated carbocycles. The van der Waals surface area contributed by atoms with Crippen molar-refractivity contribution in [1.29, 1.82) is 0 Å². The molecule has 0 aromatic carbocycles. The molecule has 2 nitrogen and oxygen atoms in total. The van der Waals surface area contributed by atoms with E-state index >= 15 is 0 Å². The molecule has 0 aliphatic carbocycles. The highest BCUT2D eigenvalue weighted by molar-refractivity contribution is 9.09. The van der Waals surface area contributed by atoms with Crippen molar-refractivity contribution in [3.63, 3.8) is 0 Å². The van der Waals surface area contributed by atoms with Gasteiger partial charge in [-0.25, -0.2) is 8.42 Å². The number of halogens is 2. The van der Waals surface area contributed by atoms with Crippen molar-refractivity contribution >= 4 is 41.7 Å². The molecular formula is C10H20Br2O2S. The minimum Gasteiger partial charge on any atom is -0.229 e. The largest absolute Gasteiger partial charge is 0.229 e. The fraction of sp³-hybridized carbons (Fsp3) is 1.00. The van der Waals surface area contributed by atoms with Gasteiger partial charge in [0.25, 0.3) is 0 Å². The Balaban J connectivity index is 3.50. The van der Waals surface area contributed by atoms with Crippen molar-refractivity contribution in [3.05, 3.63) is 0 Å². The van der Waals surface area contributed by atoms with Crippen LogP contribution in [0.1, 0.15) is 38.5 Å². The van der Waals surface area contributed by atoms with Crippen LogP contribution in [-0.4, -0.2) is 30.6 Å². The van der Waals surface area contributed by atoms with Crippen molar-refractivity contribution in [3.8, 4) is 0 Å². The molecule has 0 saturated heterocycles. The zero-order valence-electron chi connectivity index (χ0n) is 9.05. The molecule has 5 heteroatoms. The highest BCUT2D eigenvalue weighted by Crippen LogP contribution is 2.06. The van der Waals surface area contributed by atoms with Crippen molar-refractivity contribution in [2.45, 2.75) is 38.5 Å². The third-order valence-corrected chi connectivity index (χ3v) is 5.12. The highest BCUT2D eigenvalue weighted by Gasteiger charge is 2.09. The Labute approximate surface area is 110 Å². The summed E-state index contributed by atoms with van der Waals surface area (Å²) in [4.78, 5) is 0. The predicted molar refractivity (Wildman–Crippen MR) is 73.9 cm³/mol. The molecule has 0 aromatic heterocycles. The summed E-state index contributed by atoms with van der Waals surface area (Å²) in [6, 6.07) is 0. The summed E-state index contributed by atoms with van der Waals surface area (Å²) in [5, 5.41) is 1.94. The van der Waals surface area contributed by atoms with E-state index in [-0.39, 0.29) is 0 Å². The first-order valence-corrected chi connectivity index (χ1v) is 9.51. The molecule has 0 atom stereocenters. The van der Waals surface area contributed by atoms with Crippen molar-refractivity contribution in [1.82, 2.24) is 0 Å². The Kier molecular flexibility index (Phi) is 10.7. The third kappa shape index (κ3) is 11.2. The molecule has 0 amide bonds. The molecule has 0 N–H and O–H groups in total. The van der Waals surface area contributed by atoms with Gasteiger partial charge in [-0.3, -0.25) is 0 Å². The molecule has 0 spiro atoms. The second-order valence-corrected chi connectivity index (χ2v) is 7.54. The summed E-state index contributed by atoms with van der Waals surface area (Å²) in [5.41, 5.74) is 0. The standard InChI is InChI=1S/C10H20Br2O2S/c11-7-3-1-5-9-15(13,14)10-6-2-4-8-12/h1-10H2. The Morgan fingerprint density at radius 3 is 1.40 bits per heavy atom. The zero-order chi connectivity index (χ0) is 11.6. The van der Waals surface area contributed by atoms with Crippen molar-refractivity contribution in [2.24, 2.45) is 0 Å². The summed E-state index contributed by atoms with van der Waals surface area (Å²) in [5.74, 6) is 0.739. The van der Waals surface area contributed by atoms with E-state index in [4.69, 9.17) is 0 Å². The number of hydrogen-bond donors (Lipinski definition) is 0. The molecule has 92 valence electrons. The summed E-state index contributed by atoms with van der Waals surface area (Å²) in [6.45, 7) is 0. The van der Waals surface area contributed by atoms with Crippen LogP contribution in [0, 0.1) is 0 Å². The first kappa shape index (κ1) is 15.9. The van der Waals surface area contributed by atoms with Crippen molar-refractivity contribution < 1.29 is 8.42 Å². The molecule has 0 aliphatic heterocycles. The molecule has 0 unspecified atom stereocenters. The molecule has 0 bridgehead atoms. The van der Waals surface area contributed by atoms with E-state index in [0.29, 0.717) is 11.5 Å². The lowest BCUT2D eigenvalue weighted by Gasteiger charge is -2.03. The molecule has 0 radical (unpaired) electrons. The fourth-order valence-electron chi connectivity index (χ4n) is 1.29. The van der Waals surface area contributed by atoms with E-state index in [1.54, 1.807) is 0 Å². The average molecular weight is 364 g/mol. The maximum Gasteiger partial charge on any atom is 0.150 e. The quantitative estimate of drug-likeness (QED) is 0.439. The fourth-order valence-corrected chi connectivity index (χ4v) is 3.57. The average Bonchev–Trinajstić information content (AvgIpc) is 2.20. The van der Waals surface area contributed by atoms with Gasteiger partial charge in [0.1, 0.15) is 9.84 Å². The van der Waals surface area contributed by atoms with Gasteiger partial charge in [0.2, 0.25) is 0 Å². The normalized spacial score (nSPS) is 11.9. The van der Waals surface area contributed by atoms with E-state index in [2.05, 4.69) is 31.9 Å². The molecule has 15 heavy (non-hydrogen) atoms. The zero-order valence-corrected chi connectivity index (χ0v) is 13.0. The van der Waals surface area contributed by atoms with Gasteiger partial charge in [0.05, 0.1) is 11.5 Å². The second kappa shape index (κ2) is 10.1. The second-order valence-electron chi connectivity index (χ2n) is 3.65. The van der Waals surface area contributed by atoms with Crippen LogP contribution in [0.25, 0.3) is 0 Å². The van der Waals surface area contributed by atoms with Gasteiger partial charge < -0.3 is 0 Å². The monoisotopic (exact) mass is 362 g/mol. The van der Waals surface area contributed by atoms with E-state index in [1.165, 1.54) is 0 Å². The highest BCUT2D eigenvalue weighted by atomic mass is 79.9. The van der Waals surface area contributed by atoms with Gasteiger partial charge in [-0.15, -0.1) is 0 Å². The molecule has 0 rings (SSSR count). The van der Waals surface area contributed by atoms with Gasteiger partial charge >= 0.3 is 0 Å². The summed E-state index contributed by atoms with van der Waals surface area (Å²) in [6.07, 6.45) is 5.77. The van der Waals surface area contributed by atoms with Crippen LogP contribution in [0.4, 0.5) is 0 Å². The van der Waals surface area contributed by atoms with Crippen LogP contribution in [0.5, 0.6) is 0 Å². The van der Waals surface area contributed by atoms with Crippen LogP contribution >= 0.6 is 31.9 Å². The first-order valence-electron chi connectivity index (χ1n) is 5.45. The maximum absolute atomic E-state index is 11.5. The number of rotatable bonds is 10. The smallest absolute Gasteiger partial charge is 0.150 e. The number of sulfone groups is 1. The van der Waals surface area contributed by atoms with Gasteiger partial charge in [-0.2, -0.15) is 0 Å². The van der Waals surface area contributed by atoms with E-state index in [1.807, 2.05) is 0 Å². The third-order valence-electron chi connectivity index (χ3n) is 2.18. The molecule has 0 aromatic rings. The predicted octanol–water partition coefficient (Wildman–Crippen LogP) is 3.53. The van der Waals surface area contributed by atoms with E-state index < -0.39 is 9.84 Å². The Morgan fingerprint density at radius 2 is 1.07 bits per heavy atom. The molecule has 0 heterocycles. The van der Waals surface area contributed by atoms with E-state index in [9.17, 15) is 8.42 Å². The lowest BCUT2D eigenvalue weighted by atomic mass is 10.3. The SMILES string of the molecule is O=S(=O)(CCCCCBr)CCCCCBr. The van der Waals surface area contributed by atoms with Crippen LogP contribution in [0.3, 0.4) is 0 Å². The topological polar surface area (TPSA) is 34.1 Å². The number of alkyl halides is 2. The van der Waals surface area contributed by atoms with Crippen LogP contribution in [0.2, 0.25) is 0 Å². The maximum atomic E-state index is 11.5. The molecular weight excluding hydrogens is 344 g/mol.